The van der Waals surface area contributed by atoms with Gasteiger partial charge in [-0.05, 0) is 30.5 Å². The van der Waals surface area contributed by atoms with Crippen LogP contribution in [0.2, 0.25) is 0 Å². The van der Waals surface area contributed by atoms with E-state index in [2.05, 4.69) is 28.1 Å². The number of rotatable bonds is 3. The molecule has 0 N–H and O–H groups in total. The van der Waals surface area contributed by atoms with Crippen LogP contribution in [0, 0.1) is 13.8 Å². The summed E-state index contributed by atoms with van der Waals surface area (Å²) in [7, 11) is 0. The molecule has 0 unspecified atom stereocenters. The molecule has 2 nitrogen and oxygen atoms in total. The molecule has 4 rings (SSSR count). The number of alkyl halides is 1. The van der Waals surface area contributed by atoms with Crippen LogP contribution in [0.1, 0.15) is 48.9 Å². The Kier molecular flexibility index (Phi) is 4.35. The van der Waals surface area contributed by atoms with E-state index in [1.165, 1.54) is 0 Å². The summed E-state index contributed by atoms with van der Waals surface area (Å²) in [6.45, 7) is 4.05. The summed E-state index contributed by atoms with van der Waals surface area (Å²) in [6.07, 6.45) is 0. The van der Waals surface area contributed by atoms with Crippen LogP contribution in [0.25, 0.3) is 0 Å². The molecule has 0 saturated heterocycles. The van der Waals surface area contributed by atoms with Crippen LogP contribution in [0.5, 0.6) is 0 Å². The molecule has 0 spiro atoms. The largest absolute Gasteiger partial charge is 0.292 e. The van der Waals surface area contributed by atoms with Gasteiger partial charge in [0, 0.05) is 17.0 Å². The summed E-state index contributed by atoms with van der Waals surface area (Å²) >= 11 is 3.66. The zero-order chi connectivity index (χ0) is 19.2. The van der Waals surface area contributed by atoms with Crippen molar-refractivity contribution in [1.82, 2.24) is 0 Å². The van der Waals surface area contributed by atoms with Gasteiger partial charge in [-0.1, -0.05) is 94.3 Å². The minimum atomic E-state index is -1.34. The molecular formula is C24H19BrO2. The molecule has 0 saturated carbocycles. The number of hydrogen-bond donors (Lipinski definition) is 0. The van der Waals surface area contributed by atoms with Gasteiger partial charge in [0.05, 0.1) is 0 Å². The maximum absolute atomic E-state index is 13.4. The standard InChI is InChI=1S/C24H19BrO2/c1-15-12-13-16(2)20(14-15)21(17-8-4-3-5-9-17)24(25)22(26)18-10-6-7-11-19(18)23(24)27/h3-14,21H,1-2H3/t21-/m1/s1. The third kappa shape index (κ3) is 2.69. The topological polar surface area (TPSA) is 34.1 Å². The van der Waals surface area contributed by atoms with Gasteiger partial charge >= 0.3 is 0 Å². The normalized spacial score (nSPS) is 16.3. The lowest BCUT2D eigenvalue weighted by molar-refractivity contribution is 0.0861. The Morgan fingerprint density at radius 3 is 1.93 bits per heavy atom. The van der Waals surface area contributed by atoms with Gasteiger partial charge in [0.1, 0.15) is 0 Å². The highest BCUT2D eigenvalue weighted by molar-refractivity contribution is 9.10. The average Bonchev–Trinajstić information content (AvgIpc) is 2.88. The molecular weight excluding hydrogens is 400 g/mol. The summed E-state index contributed by atoms with van der Waals surface area (Å²) in [5.74, 6) is -0.748. The molecule has 3 aromatic rings. The Labute approximate surface area is 167 Å². The number of aryl methyl sites for hydroxylation is 2. The zero-order valence-corrected chi connectivity index (χ0v) is 16.8. The van der Waals surface area contributed by atoms with Gasteiger partial charge in [-0.2, -0.15) is 0 Å². The van der Waals surface area contributed by atoms with Crippen LogP contribution in [-0.4, -0.2) is 15.9 Å². The number of ketones is 2. The number of carbonyl (C=O) groups excluding carboxylic acids is 2. The van der Waals surface area contributed by atoms with Gasteiger partial charge in [-0.3, -0.25) is 9.59 Å². The van der Waals surface area contributed by atoms with Crippen LogP contribution < -0.4 is 0 Å². The molecule has 0 heterocycles. The quantitative estimate of drug-likeness (QED) is 0.406. The van der Waals surface area contributed by atoms with E-state index < -0.39 is 10.2 Å². The lowest BCUT2D eigenvalue weighted by atomic mass is 9.76. The number of benzene rings is 3. The number of hydrogen-bond acceptors (Lipinski definition) is 2. The van der Waals surface area contributed by atoms with E-state index in [9.17, 15) is 9.59 Å². The molecule has 0 aromatic heterocycles. The molecule has 27 heavy (non-hydrogen) atoms. The Balaban J connectivity index is 1.99. The number of Topliss-reactive ketones (excluding diaryl/α,β-unsaturated/α-hetero) is 2. The Morgan fingerprint density at radius 1 is 0.778 bits per heavy atom. The van der Waals surface area contributed by atoms with E-state index in [4.69, 9.17) is 0 Å². The second-order valence-corrected chi connectivity index (χ2v) is 8.37. The summed E-state index contributed by atoms with van der Waals surface area (Å²) in [4.78, 5) is 26.9. The van der Waals surface area contributed by atoms with Crippen molar-refractivity contribution in [3.05, 3.63) is 106 Å². The van der Waals surface area contributed by atoms with Gasteiger partial charge in [0.25, 0.3) is 0 Å². The van der Waals surface area contributed by atoms with Crippen molar-refractivity contribution in [3.63, 3.8) is 0 Å². The van der Waals surface area contributed by atoms with E-state index in [1.807, 2.05) is 50.2 Å². The SMILES string of the molecule is Cc1ccc(C)c([C@@H](c2ccccc2)C2(Br)C(=O)c3ccccc3C2=O)c1. The van der Waals surface area contributed by atoms with Crippen molar-refractivity contribution in [2.24, 2.45) is 0 Å². The highest BCUT2D eigenvalue weighted by Crippen LogP contribution is 2.49. The molecule has 1 aliphatic carbocycles. The second kappa shape index (κ2) is 6.58. The maximum Gasteiger partial charge on any atom is 0.189 e. The minimum Gasteiger partial charge on any atom is -0.292 e. The first-order valence-corrected chi connectivity index (χ1v) is 9.73. The first kappa shape index (κ1) is 17.9. The third-order valence-electron chi connectivity index (χ3n) is 5.35. The average molecular weight is 419 g/mol. The summed E-state index contributed by atoms with van der Waals surface area (Å²) in [5, 5.41) is 0. The summed E-state index contributed by atoms with van der Waals surface area (Å²) < 4.78 is -1.34. The fourth-order valence-electron chi connectivity index (χ4n) is 3.98. The lowest BCUT2D eigenvalue weighted by Crippen LogP contribution is -2.42. The highest BCUT2D eigenvalue weighted by atomic mass is 79.9. The molecule has 3 aromatic carbocycles. The van der Waals surface area contributed by atoms with E-state index in [0.29, 0.717) is 11.1 Å². The first-order valence-electron chi connectivity index (χ1n) is 8.94. The van der Waals surface area contributed by atoms with Gasteiger partial charge in [0.15, 0.2) is 15.9 Å². The summed E-state index contributed by atoms with van der Waals surface area (Å²) in [5.41, 5.74) is 5.08. The van der Waals surface area contributed by atoms with Gasteiger partial charge in [-0.25, -0.2) is 0 Å². The monoisotopic (exact) mass is 418 g/mol. The minimum absolute atomic E-state index is 0.169. The Bertz CT molecular complexity index is 1020. The highest BCUT2D eigenvalue weighted by Gasteiger charge is 2.57. The van der Waals surface area contributed by atoms with Crippen LogP contribution >= 0.6 is 15.9 Å². The van der Waals surface area contributed by atoms with E-state index in [-0.39, 0.29) is 11.6 Å². The number of halogens is 1. The Hall–Kier alpha value is -2.52. The predicted octanol–water partition coefficient (Wildman–Crippen LogP) is 5.65. The zero-order valence-electron chi connectivity index (χ0n) is 15.2. The third-order valence-corrected chi connectivity index (χ3v) is 6.53. The van der Waals surface area contributed by atoms with Gasteiger partial charge in [0.2, 0.25) is 0 Å². The smallest absolute Gasteiger partial charge is 0.189 e. The van der Waals surface area contributed by atoms with E-state index in [0.717, 1.165) is 22.3 Å². The van der Waals surface area contributed by atoms with E-state index >= 15 is 0 Å². The molecule has 0 aliphatic heterocycles. The van der Waals surface area contributed by atoms with Crippen LogP contribution in [0.3, 0.4) is 0 Å². The molecule has 0 radical (unpaired) electrons. The van der Waals surface area contributed by atoms with Gasteiger partial charge < -0.3 is 0 Å². The van der Waals surface area contributed by atoms with Crippen LogP contribution in [0.4, 0.5) is 0 Å². The predicted molar refractivity (Wildman–Crippen MR) is 111 cm³/mol. The number of carbonyl (C=O) groups is 2. The van der Waals surface area contributed by atoms with Crippen LogP contribution in [0.15, 0.2) is 72.8 Å². The molecule has 3 heteroatoms. The maximum atomic E-state index is 13.4. The molecule has 1 aliphatic rings. The molecule has 0 fully saturated rings. The van der Waals surface area contributed by atoms with Crippen LogP contribution in [-0.2, 0) is 0 Å². The molecule has 0 bridgehead atoms. The molecule has 1 atom stereocenters. The fourth-order valence-corrected chi connectivity index (χ4v) is 4.91. The van der Waals surface area contributed by atoms with Crippen molar-refractivity contribution in [2.75, 3.05) is 0 Å². The Morgan fingerprint density at radius 2 is 1.33 bits per heavy atom. The fraction of sp³-hybridized carbons (Fsp3) is 0.167. The van der Waals surface area contributed by atoms with E-state index in [1.54, 1.807) is 24.3 Å². The molecule has 134 valence electrons. The van der Waals surface area contributed by atoms with Crippen molar-refractivity contribution < 1.29 is 9.59 Å². The first-order chi connectivity index (χ1) is 12.9. The van der Waals surface area contributed by atoms with Crippen molar-refractivity contribution in [3.8, 4) is 0 Å². The lowest BCUT2D eigenvalue weighted by Gasteiger charge is -2.32. The second-order valence-electron chi connectivity index (χ2n) is 7.12. The number of fused-ring (bicyclic) bond motifs is 1. The van der Waals surface area contributed by atoms with Crippen molar-refractivity contribution in [1.29, 1.82) is 0 Å². The molecule has 0 amide bonds. The summed E-state index contributed by atoms with van der Waals surface area (Å²) in [6, 6.07) is 23.1. The van der Waals surface area contributed by atoms with Crippen molar-refractivity contribution >= 4 is 27.5 Å². The van der Waals surface area contributed by atoms with Gasteiger partial charge in [-0.15, -0.1) is 0 Å². The van der Waals surface area contributed by atoms with Crippen molar-refractivity contribution in [2.45, 2.75) is 24.1 Å².